The number of benzene rings is 1. The molecule has 1 heterocycles. The molecule has 1 fully saturated rings. The molecule has 2 N–H and O–H groups in total. The number of carbonyl (C=O) groups excluding carboxylic acids is 2. The van der Waals surface area contributed by atoms with Crippen molar-refractivity contribution in [2.24, 2.45) is 5.92 Å². The van der Waals surface area contributed by atoms with Crippen LogP contribution in [-0.4, -0.2) is 50.8 Å². The van der Waals surface area contributed by atoms with Crippen LogP contribution in [0.5, 0.6) is 0 Å². The van der Waals surface area contributed by atoms with E-state index in [1.165, 1.54) is 0 Å². The summed E-state index contributed by atoms with van der Waals surface area (Å²) in [5.74, 6) is -2.98. The van der Waals surface area contributed by atoms with Gasteiger partial charge < -0.3 is 14.9 Å². The minimum absolute atomic E-state index is 0.137. The molecule has 0 aromatic heterocycles. The molecule has 1 aromatic rings. The topological polar surface area (TPSA) is 104 Å². The Morgan fingerprint density at radius 3 is 2.40 bits per heavy atom. The van der Waals surface area contributed by atoms with Crippen LogP contribution in [0.2, 0.25) is 0 Å². The summed E-state index contributed by atoms with van der Waals surface area (Å²) in [6, 6.07) is 7.74. The van der Waals surface area contributed by atoms with Gasteiger partial charge in [-0.15, -0.1) is 0 Å². The highest BCUT2D eigenvalue weighted by Gasteiger charge is 2.50. The summed E-state index contributed by atoms with van der Waals surface area (Å²) in [5, 5.41) is 19.8. The molecule has 1 aliphatic heterocycles. The number of carbonyl (C=O) groups is 3. The number of aliphatic hydroxyl groups excluding tert-OH is 1. The van der Waals surface area contributed by atoms with E-state index >= 15 is 0 Å². The van der Waals surface area contributed by atoms with E-state index in [1.807, 2.05) is 30.3 Å². The molecule has 136 valence electrons. The molecule has 2 amide bonds. The summed E-state index contributed by atoms with van der Waals surface area (Å²) in [7, 11) is 0. The maximum atomic E-state index is 12.6. The Kier molecular flexibility index (Phi) is 5.47. The average Bonchev–Trinajstić information content (AvgIpc) is 2.84. The SMILES string of the molecule is CC(C)(C)OC(=O)N1C(=O)C(C(O)Cc2ccccc2)CC1C(=O)O. The van der Waals surface area contributed by atoms with Gasteiger partial charge in [0.05, 0.1) is 12.0 Å². The number of hydrogen-bond acceptors (Lipinski definition) is 5. The van der Waals surface area contributed by atoms with E-state index in [0.29, 0.717) is 4.90 Å². The quantitative estimate of drug-likeness (QED) is 0.859. The number of aliphatic hydroxyl groups is 1. The first-order chi connectivity index (χ1) is 11.6. The molecule has 3 atom stereocenters. The number of ether oxygens (including phenoxy) is 1. The fraction of sp³-hybridized carbons (Fsp3) is 0.500. The molecule has 0 bridgehead atoms. The molecule has 2 rings (SSSR count). The Labute approximate surface area is 146 Å². The summed E-state index contributed by atoms with van der Waals surface area (Å²) in [5.41, 5.74) is -0.0355. The second kappa shape index (κ2) is 7.23. The van der Waals surface area contributed by atoms with Gasteiger partial charge in [0, 0.05) is 0 Å². The standard InChI is InChI=1S/C18H23NO6/c1-18(2,3)25-17(24)19-13(16(22)23)10-12(15(19)21)14(20)9-11-7-5-4-6-8-11/h4-8,12-14,20H,9-10H2,1-3H3,(H,22,23). The van der Waals surface area contributed by atoms with Crippen LogP contribution in [-0.2, 0) is 20.7 Å². The first kappa shape index (κ1) is 18.9. The van der Waals surface area contributed by atoms with Crippen molar-refractivity contribution >= 4 is 18.0 Å². The van der Waals surface area contributed by atoms with Crippen LogP contribution in [0.3, 0.4) is 0 Å². The maximum absolute atomic E-state index is 12.6. The van der Waals surface area contributed by atoms with Crippen molar-refractivity contribution in [2.45, 2.75) is 51.4 Å². The van der Waals surface area contributed by atoms with Crippen LogP contribution < -0.4 is 0 Å². The van der Waals surface area contributed by atoms with Crippen molar-refractivity contribution in [1.82, 2.24) is 4.90 Å². The molecule has 0 spiro atoms. The Bertz CT molecular complexity index is 651. The maximum Gasteiger partial charge on any atom is 0.417 e. The molecular formula is C18H23NO6. The van der Waals surface area contributed by atoms with E-state index in [4.69, 9.17) is 4.74 Å². The smallest absolute Gasteiger partial charge is 0.417 e. The first-order valence-electron chi connectivity index (χ1n) is 8.11. The lowest BCUT2D eigenvalue weighted by Gasteiger charge is -2.25. The molecule has 0 saturated carbocycles. The lowest BCUT2D eigenvalue weighted by atomic mass is 9.93. The van der Waals surface area contributed by atoms with Gasteiger partial charge in [-0.3, -0.25) is 4.79 Å². The Morgan fingerprint density at radius 2 is 1.88 bits per heavy atom. The van der Waals surface area contributed by atoms with Gasteiger partial charge in [0.2, 0.25) is 5.91 Å². The molecule has 7 heteroatoms. The number of aliphatic carboxylic acids is 1. The molecule has 1 aromatic carbocycles. The van der Waals surface area contributed by atoms with Gasteiger partial charge >= 0.3 is 12.1 Å². The van der Waals surface area contributed by atoms with Gasteiger partial charge in [0.1, 0.15) is 11.6 Å². The van der Waals surface area contributed by atoms with Crippen molar-refractivity contribution in [3.63, 3.8) is 0 Å². The Balaban J connectivity index is 2.17. The van der Waals surface area contributed by atoms with Crippen LogP contribution >= 0.6 is 0 Å². The molecule has 7 nitrogen and oxygen atoms in total. The lowest BCUT2D eigenvalue weighted by Crippen LogP contribution is -2.46. The molecule has 0 aliphatic carbocycles. The summed E-state index contributed by atoms with van der Waals surface area (Å²) in [4.78, 5) is 36.9. The van der Waals surface area contributed by atoms with Crippen molar-refractivity contribution in [3.05, 3.63) is 35.9 Å². The van der Waals surface area contributed by atoms with Crippen molar-refractivity contribution in [2.75, 3.05) is 0 Å². The molecule has 25 heavy (non-hydrogen) atoms. The number of nitrogens with zero attached hydrogens (tertiary/aromatic N) is 1. The van der Waals surface area contributed by atoms with E-state index < -0.39 is 41.6 Å². The highest BCUT2D eigenvalue weighted by atomic mass is 16.6. The van der Waals surface area contributed by atoms with Gasteiger partial charge in [-0.1, -0.05) is 30.3 Å². The molecule has 0 radical (unpaired) electrons. The van der Waals surface area contributed by atoms with Crippen LogP contribution in [0.1, 0.15) is 32.8 Å². The zero-order valence-corrected chi connectivity index (χ0v) is 14.5. The van der Waals surface area contributed by atoms with Crippen LogP contribution in [0.15, 0.2) is 30.3 Å². The number of hydrogen-bond donors (Lipinski definition) is 2. The third-order valence-electron chi connectivity index (χ3n) is 3.97. The predicted octanol–water partition coefficient (Wildman–Crippen LogP) is 1.83. The monoisotopic (exact) mass is 349 g/mol. The molecule has 3 unspecified atom stereocenters. The summed E-state index contributed by atoms with van der Waals surface area (Å²) >= 11 is 0. The van der Waals surface area contributed by atoms with Crippen LogP contribution in [0.25, 0.3) is 0 Å². The van der Waals surface area contributed by atoms with E-state index in [2.05, 4.69) is 0 Å². The van der Waals surface area contributed by atoms with E-state index in [1.54, 1.807) is 20.8 Å². The minimum Gasteiger partial charge on any atom is -0.480 e. The summed E-state index contributed by atoms with van der Waals surface area (Å²) < 4.78 is 5.14. The zero-order chi connectivity index (χ0) is 18.8. The highest BCUT2D eigenvalue weighted by Crippen LogP contribution is 2.30. The number of likely N-dealkylation sites (tertiary alicyclic amines) is 1. The largest absolute Gasteiger partial charge is 0.480 e. The van der Waals surface area contributed by atoms with Gasteiger partial charge in [-0.2, -0.15) is 0 Å². The van der Waals surface area contributed by atoms with Crippen LogP contribution in [0.4, 0.5) is 4.79 Å². The van der Waals surface area contributed by atoms with Crippen molar-refractivity contribution in [1.29, 1.82) is 0 Å². The zero-order valence-electron chi connectivity index (χ0n) is 14.5. The number of carboxylic acid groups (broad SMARTS) is 1. The predicted molar refractivity (Wildman–Crippen MR) is 88.8 cm³/mol. The van der Waals surface area contributed by atoms with Gasteiger partial charge in [0.25, 0.3) is 0 Å². The fourth-order valence-corrected chi connectivity index (χ4v) is 2.84. The first-order valence-corrected chi connectivity index (χ1v) is 8.11. The second-order valence-electron chi connectivity index (χ2n) is 7.14. The van der Waals surface area contributed by atoms with Crippen molar-refractivity contribution < 1.29 is 29.3 Å². The highest BCUT2D eigenvalue weighted by molar-refractivity contribution is 6.00. The van der Waals surface area contributed by atoms with E-state index in [9.17, 15) is 24.6 Å². The molecular weight excluding hydrogens is 326 g/mol. The third kappa shape index (κ3) is 4.57. The molecule has 1 aliphatic rings. The second-order valence-corrected chi connectivity index (χ2v) is 7.14. The van der Waals surface area contributed by atoms with Crippen molar-refractivity contribution in [3.8, 4) is 0 Å². The van der Waals surface area contributed by atoms with E-state index in [-0.39, 0.29) is 12.8 Å². The molecule has 1 saturated heterocycles. The Hall–Kier alpha value is -2.41. The fourth-order valence-electron chi connectivity index (χ4n) is 2.84. The minimum atomic E-state index is -1.34. The Morgan fingerprint density at radius 1 is 1.28 bits per heavy atom. The van der Waals surface area contributed by atoms with Gasteiger partial charge in [-0.05, 0) is 39.2 Å². The van der Waals surface area contributed by atoms with Gasteiger partial charge in [-0.25, -0.2) is 14.5 Å². The summed E-state index contributed by atoms with van der Waals surface area (Å²) in [6.07, 6.45) is -2.02. The van der Waals surface area contributed by atoms with Crippen LogP contribution in [0, 0.1) is 5.92 Å². The number of rotatable bonds is 4. The van der Waals surface area contributed by atoms with E-state index in [0.717, 1.165) is 5.56 Å². The number of imide groups is 1. The average molecular weight is 349 g/mol. The third-order valence-corrected chi connectivity index (χ3v) is 3.97. The summed E-state index contributed by atoms with van der Waals surface area (Å²) in [6.45, 7) is 4.88. The number of amides is 2. The normalized spacial score (nSPS) is 21.9. The lowest BCUT2D eigenvalue weighted by molar-refractivity contribution is -0.146. The van der Waals surface area contributed by atoms with Gasteiger partial charge in [0.15, 0.2) is 0 Å². The number of carboxylic acids is 1.